The summed E-state index contributed by atoms with van der Waals surface area (Å²) in [5.74, 6) is -0.553. The summed E-state index contributed by atoms with van der Waals surface area (Å²) < 4.78 is 84.6. The Kier molecular flexibility index (Phi) is 10.1. The second-order valence-electron chi connectivity index (χ2n) is 11.6. The fourth-order valence-electron chi connectivity index (χ4n) is 5.83. The molecule has 0 bridgehead atoms. The third-order valence-electron chi connectivity index (χ3n) is 8.63. The van der Waals surface area contributed by atoms with Crippen LogP contribution in [0.4, 0.5) is 8.78 Å². The number of sulfone groups is 1. The van der Waals surface area contributed by atoms with E-state index < -0.39 is 31.5 Å². The molecule has 0 spiro atoms. The van der Waals surface area contributed by atoms with Crippen LogP contribution in [0.2, 0.25) is 0 Å². The minimum atomic E-state index is -3.40. The van der Waals surface area contributed by atoms with Gasteiger partial charge in [0, 0.05) is 38.3 Å². The SMILES string of the molecule is COc1ccc(S(=O)(=O)CCC2(C)CCN(CCC(c3cc(F)cc(F)c3)N3CCN(S(C)(=O)=O)CC3)CC2)cc1. The number of piperazine rings is 1. The summed E-state index contributed by atoms with van der Waals surface area (Å²) in [6.45, 7) is 6.13. The quantitative estimate of drug-likeness (QED) is 0.380. The van der Waals surface area contributed by atoms with Crippen molar-refractivity contribution in [2.45, 2.75) is 43.5 Å². The van der Waals surface area contributed by atoms with Crippen LogP contribution in [0.15, 0.2) is 47.4 Å². The van der Waals surface area contributed by atoms with E-state index in [4.69, 9.17) is 4.74 Å². The van der Waals surface area contributed by atoms with Crippen molar-refractivity contribution < 1.29 is 30.4 Å². The Balaban J connectivity index is 1.34. The molecular formula is C29H41F2N3O5S2. The highest BCUT2D eigenvalue weighted by atomic mass is 32.2. The largest absolute Gasteiger partial charge is 0.497 e. The molecule has 0 aliphatic carbocycles. The molecule has 12 heteroatoms. The van der Waals surface area contributed by atoms with Gasteiger partial charge in [-0.05, 0) is 92.7 Å². The smallest absolute Gasteiger partial charge is 0.211 e. The predicted molar refractivity (Wildman–Crippen MR) is 155 cm³/mol. The van der Waals surface area contributed by atoms with Gasteiger partial charge in [-0.3, -0.25) is 4.90 Å². The van der Waals surface area contributed by atoms with E-state index in [0.717, 1.165) is 38.5 Å². The lowest BCUT2D eigenvalue weighted by molar-refractivity contribution is 0.0892. The summed E-state index contributed by atoms with van der Waals surface area (Å²) in [6.07, 6.45) is 4.13. The summed E-state index contributed by atoms with van der Waals surface area (Å²) >= 11 is 0. The monoisotopic (exact) mass is 613 g/mol. The van der Waals surface area contributed by atoms with Crippen molar-refractivity contribution in [2.24, 2.45) is 5.41 Å². The molecule has 0 aromatic heterocycles. The highest BCUT2D eigenvalue weighted by Crippen LogP contribution is 2.36. The van der Waals surface area contributed by atoms with E-state index in [1.807, 2.05) is 0 Å². The van der Waals surface area contributed by atoms with Gasteiger partial charge in [0.1, 0.15) is 17.4 Å². The van der Waals surface area contributed by atoms with Crippen LogP contribution in [-0.2, 0) is 19.9 Å². The average molecular weight is 614 g/mol. The van der Waals surface area contributed by atoms with E-state index in [1.54, 1.807) is 31.4 Å². The molecule has 1 unspecified atom stereocenters. The van der Waals surface area contributed by atoms with Gasteiger partial charge in [0.2, 0.25) is 10.0 Å². The van der Waals surface area contributed by atoms with Crippen molar-refractivity contribution in [1.82, 2.24) is 14.1 Å². The Morgan fingerprint density at radius 3 is 2.02 bits per heavy atom. The number of likely N-dealkylation sites (tertiary alicyclic amines) is 1. The number of hydrogen-bond acceptors (Lipinski definition) is 7. The van der Waals surface area contributed by atoms with Gasteiger partial charge in [0.05, 0.1) is 24.0 Å². The topological polar surface area (TPSA) is 87.2 Å². The summed E-state index contributed by atoms with van der Waals surface area (Å²) in [5.41, 5.74) is 0.462. The zero-order valence-electron chi connectivity index (χ0n) is 24.1. The molecule has 0 saturated carbocycles. The van der Waals surface area contributed by atoms with Gasteiger partial charge in [-0.15, -0.1) is 0 Å². The van der Waals surface area contributed by atoms with Gasteiger partial charge >= 0.3 is 0 Å². The van der Waals surface area contributed by atoms with E-state index >= 15 is 0 Å². The summed E-state index contributed by atoms with van der Waals surface area (Å²) in [6, 6.07) is 9.84. The maximum absolute atomic E-state index is 14.1. The van der Waals surface area contributed by atoms with Crippen molar-refractivity contribution in [3.8, 4) is 5.75 Å². The van der Waals surface area contributed by atoms with Gasteiger partial charge in [0.25, 0.3) is 0 Å². The molecule has 0 radical (unpaired) electrons. The van der Waals surface area contributed by atoms with Gasteiger partial charge < -0.3 is 9.64 Å². The van der Waals surface area contributed by atoms with Crippen LogP contribution in [-0.4, -0.2) is 95.9 Å². The number of benzene rings is 2. The van der Waals surface area contributed by atoms with Gasteiger partial charge in [0.15, 0.2) is 9.84 Å². The predicted octanol–water partition coefficient (Wildman–Crippen LogP) is 3.95. The Bertz CT molecular complexity index is 1370. The first kappa shape index (κ1) is 31.8. The molecule has 2 saturated heterocycles. The molecule has 2 aliphatic rings. The minimum absolute atomic E-state index is 0.0858. The number of halogens is 2. The first-order valence-corrected chi connectivity index (χ1v) is 17.5. The number of nitrogens with zero attached hydrogens (tertiary/aromatic N) is 3. The fraction of sp³-hybridized carbons (Fsp3) is 0.586. The standard InChI is InChI=1S/C29H41F2N3O5S2/c1-29(11-19-41(37,38)27-6-4-26(39-2)5-7-27)9-13-32(14-10-29)12-8-28(23-20-24(30)22-25(31)21-23)33-15-17-34(18-16-33)40(3,35)36/h4-7,20-22,28H,8-19H2,1-3H3. The Morgan fingerprint density at radius 2 is 1.49 bits per heavy atom. The Hall–Kier alpha value is -2.12. The molecular weight excluding hydrogens is 572 g/mol. The number of rotatable bonds is 11. The third kappa shape index (κ3) is 8.47. The van der Waals surface area contributed by atoms with Crippen molar-refractivity contribution >= 4 is 19.9 Å². The van der Waals surface area contributed by atoms with Crippen LogP contribution in [0.1, 0.15) is 44.2 Å². The maximum atomic E-state index is 14.1. The lowest BCUT2D eigenvalue weighted by Crippen LogP contribution is -2.50. The van der Waals surface area contributed by atoms with Gasteiger partial charge in [-0.1, -0.05) is 6.92 Å². The molecule has 4 rings (SSSR count). The molecule has 2 aromatic rings. The van der Waals surface area contributed by atoms with Crippen LogP contribution < -0.4 is 4.74 Å². The lowest BCUT2D eigenvalue weighted by atomic mass is 9.78. The third-order valence-corrected chi connectivity index (χ3v) is 11.7. The zero-order chi connectivity index (χ0) is 29.8. The van der Waals surface area contributed by atoms with Crippen LogP contribution in [0.3, 0.4) is 0 Å². The summed E-state index contributed by atoms with van der Waals surface area (Å²) in [5, 5.41) is 0. The van der Waals surface area contributed by atoms with Gasteiger partial charge in [-0.25, -0.2) is 25.6 Å². The first-order valence-electron chi connectivity index (χ1n) is 14.0. The van der Waals surface area contributed by atoms with Crippen LogP contribution in [0, 0.1) is 17.0 Å². The minimum Gasteiger partial charge on any atom is -0.497 e. The van der Waals surface area contributed by atoms with Crippen molar-refractivity contribution in [3.05, 3.63) is 59.7 Å². The number of sulfonamides is 1. The fourth-order valence-corrected chi connectivity index (χ4v) is 8.20. The average Bonchev–Trinajstić information content (AvgIpc) is 2.93. The van der Waals surface area contributed by atoms with Crippen LogP contribution >= 0.6 is 0 Å². The normalized spacial score (nSPS) is 20.1. The van der Waals surface area contributed by atoms with Gasteiger partial charge in [-0.2, -0.15) is 4.31 Å². The number of methoxy groups -OCH3 is 1. The van der Waals surface area contributed by atoms with Crippen LogP contribution in [0.5, 0.6) is 5.75 Å². The summed E-state index contributed by atoms with van der Waals surface area (Å²) in [7, 11) is -5.15. The molecule has 8 nitrogen and oxygen atoms in total. The van der Waals surface area contributed by atoms with E-state index in [2.05, 4.69) is 16.7 Å². The maximum Gasteiger partial charge on any atom is 0.211 e. The second-order valence-corrected chi connectivity index (χ2v) is 15.7. The van der Waals surface area contributed by atoms with E-state index in [1.165, 1.54) is 22.7 Å². The Labute approximate surface area is 243 Å². The van der Waals surface area contributed by atoms with Crippen molar-refractivity contribution in [3.63, 3.8) is 0 Å². The molecule has 0 N–H and O–H groups in total. The van der Waals surface area contributed by atoms with Crippen molar-refractivity contribution in [1.29, 1.82) is 0 Å². The molecule has 2 aromatic carbocycles. The first-order chi connectivity index (χ1) is 19.3. The molecule has 1 atom stereocenters. The van der Waals surface area contributed by atoms with Crippen LogP contribution in [0.25, 0.3) is 0 Å². The molecule has 2 heterocycles. The van der Waals surface area contributed by atoms with E-state index in [9.17, 15) is 25.6 Å². The molecule has 2 fully saturated rings. The zero-order valence-corrected chi connectivity index (χ0v) is 25.7. The highest BCUT2D eigenvalue weighted by Gasteiger charge is 2.33. The molecule has 228 valence electrons. The Morgan fingerprint density at radius 1 is 0.902 bits per heavy atom. The highest BCUT2D eigenvalue weighted by molar-refractivity contribution is 7.91. The second kappa shape index (κ2) is 13.0. The molecule has 0 amide bonds. The number of hydrogen-bond donors (Lipinski definition) is 0. The molecule has 2 aliphatic heterocycles. The number of piperidine rings is 1. The van der Waals surface area contributed by atoms with E-state index in [-0.39, 0.29) is 17.2 Å². The summed E-state index contributed by atoms with van der Waals surface area (Å²) in [4.78, 5) is 4.75. The van der Waals surface area contributed by atoms with Crippen molar-refractivity contribution in [2.75, 3.05) is 64.9 Å². The molecule has 41 heavy (non-hydrogen) atoms. The van der Waals surface area contributed by atoms with E-state index in [0.29, 0.717) is 55.2 Å². The number of ether oxygens (including phenoxy) is 1. The lowest BCUT2D eigenvalue weighted by Gasteiger charge is -2.42.